The van der Waals surface area contributed by atoms with Gasteiger partial charge in [0.2, 0.25) is 0 Å². The normalized spacial score (nSPS) is 8.53. The summed E-state index contributed by atoms with van der Waals surface area (Å²) in [6.45, 7) is 0. The van der Waals surface area contributed by atoms with Crippen LogP contribution in [0.5, 0.6) is 0 Å². The monoisotopic (exact) mass is 702 g/mol. The molecule has 0 amide bonds. The first kappa shape index (κ1) is 56.8. The molecule has 0 spiro atoms. The van der Waals surface area contributed by atoms with Crippen molar-refractivity contribution < 1.29 is 429 Å². The molecule has 0 atom stereocenters. The third kappa shape index (κ3) is 13.2. The van der Waals surface area contributed by atoms with Gasteiger partial charge in [0.1, 0.15) is 0 Å². The molecular weight excluding hydrogens is 702 g/mol. The number of aromatic carboxylic acids is 7. The molecule has 0 aliphatic rings. The third-order valence-corrected chi connectivity index (χ3v) is 4.04. The summed E-state index contributed by atoms with van der Waals surface area (Å²) in [5, 5.41) is 77.3. The summed E-state index contributed by atoms with van der Waals surface area (Å²) in [4.78, 5) is 80.2. The summed E-state index contributed by atoms with van der Waals surface area (Å²) >= 11 is 0. The second-order valence-corrected chi connectivity index (χ2v) is 5.61. The Morgan fingerprint density at radius 1 is 0.368 bits per heavy atom. The summed E-state index contributed by atoms with van der Waals surface area (Å²) in [7, 11) is 0. The predicted molar refractivity (Wildman–Crippen MR) is 74.3 cm³/mol. The van der Waals surface area contributed by atoms with E-state index < -0.39 is 91.5 Å². The zero-order valence-electron chi connectivity index (χ0n) is 21.3. The van der Waals surface area contributed by atoms with Crippen molar-refractivity contribution in [1.82, 2.24) is 0 Å². The molecule has 2 rings (SSSR count). The number of fused-ring (bicyclic) bond motifs is 1. The Kier molecular flexibility index (Phi) is 38.0. The first-order chi connectivity index (χ1) is 14.2. The molecule has 0 saturated carbocycles. The summed E-state index contributed by atoms with van der Waals surface area (Å²) in [5.74, 6) is -18.1. The van der Waals surface area contributed by atoms with E-state index in [1.807, 2.05) is 0 Å². The maximum Gasteiger partial charge on any atom is 1.00 e. The number of rotatable bonds is 7. The minimum atomic E-state index is -2.67. The minimum absolute atomic E-state index is 0. The van der Waals surface area contributed by atoms with Crippen molar-refractivity contribution in [3.63, 3.8) is 0 Å². The molecule has 0 heterocycles. The quantitative estimate of drug-likeness (QED) is 0.242. The molecule has 0 unspecified atom stereocenters. The zero-order chi connectivity index (χ0) is 23.9. The molecule has 14 nitrogen and oxygen atoms in total. The van der Waals surface area contributed by atoms with Crippen LogP contribution in [0.2, 0.25) is 0 Å². The van der Waals surface area contributed by atoms with Crippen LogP contribution in [0.25, 0.3) is 10.8 Å². The van der Waals surface area contributed by atoms with Crippen molar-refractivity contribution in [2.75, 3.05) is 0 Å². The Balaban J connectivity index is -0.000000366. The largest absolute Gasteiger partial charge is 1.00 e. The minimum Gasteiger partial charge on any atom is -0.545 e. The Labute approximate surface area is 510 Å². The van der Waals surface area contributed by atoms with Crippen molar-refractivity contribution in [1.29, 1.82) is 0 Å². The average molecular weight is 703 g/mol. The van der Waals surface area contributed by atoms with Gasteiger partial charge in [-0.1, -0.05) is 0 Å². The molecule has 38 heavy (non-hydrogen) atoms. The summed E-state index contributed by atoms with van der Waals surface area (Å²) in [6, 6.07) is 0.0192. The number of carbonyl (C=O) groups excluding carboxylic acids is 7. The van der Waals surface area contributed by atoms with E-state index in [9.17, 15) is 69.3 Å². The van der Waals surface area contributed by atoms with E-state index in [0.717, 1.165) is 0 Å². The van der Waals surface area contributed by atoms with E-state index in [2.05, 4.69) is 0 Å². The molecule has 0 saturated heterocycles. The summed E-state index contributed by atoms with van der Waals surface area (Å²) in [5.41, 5.74) is -12.7. The molecule has 0 aromatic heterocycles. The Morgan fingerprint density at radius 2 is 0.632 bits per heavy atom. The van der Waals surface area contributed by atoms with Gasteiger partial charge in [0, 0.05) is 44.3 Å². The van der Waals surface area contributed by atoms with Crippen molar-refractivity contribution in [3.05, 3.63) is 45.0 Å². The van der Waals surface area contributed by atoms with Crippen LogP contribution in [0.3, 0.4) is 0 Å². The number of hydrogen-bond acceptors (Lipinski definition) is 14. The maximum atomic E-state index is 11.6. The third-order valence-electron chi connectivity index (χ3n) is 4.04. The van der Waals surface area contributed by atoms with Crippen LogP contribution >= 0.6 is 0 Å². The molecule has 2 aromatic carbocycles. The van der Waals surface area contributed by atoms with Crippen LogP contribution in [0.1, 0.15) is 72.5 Å². The van der Waals surface area contributed by atoms with Gasteiger partial charge >= 0.3 is 360 Å². The van der Waals surface area contributed by atoms with Gasteiger partial charge in [-0.05, 0) is 11.5 Å². The first-order valence-corrected chi connectivity index (χ1v) is 7.44. The van der Waals surface area contributed by atoms with Crippen LogP contribution in [-0.4, -0.2) is 41.8 Å². The average Bonchev–Trinajstić information content (AvgIpc) is 2.62. The number of carboxylic acids is 7. The number of hydrogen-bond donors (Lipinski definition) is 0. The molecule has 0 aliphatic heterocycles. The Hall–Kier alpha value is 6.44. The van der Waals surface area contributed by atoms with E-state index >= 15 is 0 Å². The van der Waals surface area contributed by atoms with Gasteiger partial charge in [-0.2, -0.15) is 0 Å². The number of carbonyl (C=O) groups is 7. The van der Waals surface area contributed by atoms with E-state index in [1.165, 1.54) is 0 Å². The van der Waals surface area contributed by atoms with Crippen molar-refractivity contribution in [2.45, 2.75) is 0 Å². The molecule has 21 heteroatoms. The predicted octanol–water partition coefficient (Wildman–Crippen LogP) is -29.6. The number of carboxylic acid groups (broad SMARTS) is 7. The van der Waals surface area contributed by atoms with Crippen molar-refractivity contribution in [3.8, 4) is 0 Å². The fourth-order valence-electron chi connectivity index (χ4n) is 3.05. The molecule has 0 N–H and O–H groups in total. The smallest absolute Gasteiger partial charge is 0.545 e. The molecule has 0 bridgehead atoms. The standard InChI is InChI=1S/C17H8O14.7K/c18-11(19)3-1-2-4(7(14(24)25)6(3)13(22)23)8(15(26)27)10(17(30)31)9(16(28)29)5(2)12(20)21;;;;;;;/h1H,(H,18,19)(H,20,21)(H,22,23)(H,24,25)(H,26,27)(H,28,29)(H,30,31);;;;;;;/q;7*+1/p-7. The van der Waals surface area contributed by atoms with Crippen molar-refractivity contribution >= 4 is 52.6 Å². The number of benzene rings is 2. The second kappa shape index (κ2) is 25.5. The van der Waals surface area contributed by atoms with Crippen LogP contribution < -0.4 is 395 Å². The van der Waals surface area contributed by atoms with Gasteiger partial charge in [0.05, 0.1) is 41.8 Å². The summed E-state index contributed by atoms with van der Waals surface area (Å²) < 4.78 is 0. The van der Waals surface area contributed by atoms with Gasteiger partial charge in [-0.25, -0.2) is 0 Å². The maximum absolute atomic E-state index is 11.6. The van der Waals surface area contributed by atoms with Gasteiger partial charge in [0.25, 0.3) is 0 Å². The van der Waals surface area contributed by atoms with Crippen LogP contribution in [0.15, 0.2) is 6.07 Å². The van der Waals surface area contributed by atoms with E-state index in [1.54, 1.807) is 0 Å². The molecule has 2 aromatic rings. The zero-order valence-corrected chi connectivity index (χ0v) is 43.2. The topological polar surface area (TPSA) is 281 Å². The van der Waals surface area contributed by atoms with Crippen LogP contribution in [0.4, 0.5) is 0 Å². The summed E-state index contributed by atoms with van der Waals surface area (Å²) in [6.07, 6.45) is 0. The van der Waals surface area contributed by atoms with Crippen LogP contribution in [-0.2, 0) is 0 Å². The SMILES string of the molecule is O=C([O-])c1cc2c(C(=O)[O-])c(C(=O)[O-])c(C(=O)[O-])c(C(=O)[O-])c2c(C(=O)[O-])c1C(=O)[O-].[K+].[K+].[K+].[K+].[K+].[K+].[K+]. The molecule has 160 valence electrons. The Morgan fingerprint density at radius 3 is 0.895 bits per heavy atom. The first-order valence-electron chi connectivity index (χ1n) is 7.44. The van der Waals surface area contributed by atoms with Crippen molar-refractivity contribution in [2.24, 2.45) is 0 Å². The fourth-order valence-corrected chi connectivity index (χ4v) is 3.05. The molecule has 0 aliphatic carbocycles. The van der Waals surface area contributed by atoms with Gasteiger partial charge in [-0.3, -0.25) is 0 Å². The van der Waals surface area contributed by atoms with Crippen LogP contribution in [0, 0.1) is 0 Å². The molecular formula is C17HK7O14. The Bertz CT molecular complexity index is 1270. The second-order valence-electron chi connectivity index (χ2n) is 5.61. The van der Waals surface area contributed by atoms with E-state index in [4.69, 9.17) is 0 Å². The van der Waals surface area contributed by atoms with Gasteiger partial charge in [-0.15, -0.1) is 0 Å². The molecule has 0 fully saturated rings. The van der Waals surface area contributed by atoms with E-state index in [0.29, 0.717) is 0 Å². The van der Waals surface area contributed by atoms with Gasteiger partial charge < -0.3 is 69.3 Å². The van der Waals surface area contributed by atoms with Gasteiger partial charge in [0.15, 0.2) is 0 Å². The molecule has 0 radical (unpaired) electrons. The fraction of sp³-hybridized carbons (Fsp3) is 0. The van der Waals surface area contributed by atoms with E-state index in [-0.39, 0.29) is 366 Å².